The molecule has 114 valence electrons. The number of carbonyl (C=O) groups excluding carboxylic acids is 1. The molecule has 20 heavy (non-hydrogen) atoms. The summed E-state index contributed by atoms with van der Waals surface area (Å²) in [5, 5.41) is 14.5. The van der Waals surface area contributed by atoms with Gasteiger partial charge in [0.2, 0.25) is 0 Å². The fourth-order valence-corrected chi connectivity index (χ4v) is 2.66. The van der Waals surface area contributed by atoms with Crippen LogP contribution in [-0.4, -0.2) is 67.9 Å². The molecule has 0 aliphatic carbocycles. The van der Waals surface area contributed by atoms with Gasteiger partial charge in [-0.1, -0.05) is 0 Å². The maximum Gasteiger partial charge on any atom is 0.315 e. The number of carboxylic acids is 1. The van der Waals surface area contributed by atoms with Gasteiger partial charge < -0.3 is 25.4 Å². The minimum atomic E-state index is -0.928. The second kappa shape index (κ2) is 6.90. The summed E-state index contributed by atoms with van der Waals surface area (Å²) in [4.78, 5) is 25.0. The minimum Gasteiger partial charge on any atom is -0.481 e. The second-order valence-electron chi connectivity index (χ2n) is 5.69. The number of amides is 2. The number of nitrogens with zero attached hydrogens (tertiary/aromatic N) is 1. The number of likely N-dealkylation sites (tertiary alicyclic amines) is 1. The maximum absolute atomic E-state index is 11.8. The summed E-state index contributed by atoms with van der Waals surface area (Å²) in [6, 6.07) is -0.740. The molecule has 0 radical (unpaired) electrons. The lowest BCUT2D eigenvalue weighted by Gasteiger charge is -2.29. The van der Waals surface area contributed by atoms with Gasteiger partial charge in [-0.15, -0.1) is 0 Å². The molecule has 7 heteroatoms. The summed E-state index contributed by atoms with van der Waals surface area (Å²) in [5.41, 5.74) is 0. The van der Waals surface area contributed by atoms with Crippen LogP contribution >= 0.6 is 0 Å². The quantitative estimate of drug-likeness (QED) is 0.661. The zero-order valence-electron chi connectivity index (χ0n) is 11.8. The van der Waals surface area contributed by atoms with Crippen LogP contribution in [0.1, 0.15) is 12.8 Å². The third kappa shape index (κ3) is 4.08. The van der Waals surface area contributed by atoms with E-state index in [4.69, 9.17) is 9.84 Å². The number of aliphatic carboxylic acids is 1. The highest BCUT2D eigenvalue weighted by Gasteiger charge is 2.35. The van der Waals surface area contributed by atoms with Crippen LogP contribution in [0.15, 0.2) is 0 Å². The van der Waals surface area contributed by atoms with Crippen LogP contribution < -0.4 is 10.6 Å². The summed E-state index contributed by atoms with van der Waals surface area (Å²) in [6.45, 7) is 3.19. The molecule has 2 saturated heterocycles. The second-order valence-corrected chi connectivity index (χ2v) is 5.69. The summed E-state index contributed by atoms with van der Waals surface area (Å²) >= 11 is 0. The summed E-state index contributed by atoms with van der Waals surface area (Å²) in [6.07, 6.45) is 2.17. The number of carboxylic acid groups (broad SMARTS) is 1. The molecule has 0 aromatic carbocycles. The highest BCUT2D eigenvalue weighted by molar-refractivity contribution is 5.77. The lowest BCUT2D eigenvalue weighted by Crippen LogP contribution is -2.48. The Morgan fingerprint density at radius 2 is 2.00 bits per heavy atom. The van der Waals surface area contributed by atoms with Crippen LogP contribution in [0.25, 0.3) is 0 Å². The highest BCUT2D eigenvalue weighted by Crippen LogP contribution is 2.15. The van der Waals surface area contributed by atoms with Gasteiger partial charge in [-0.2, -0.15) is 0 Å². The van der Waals surface area contributed by atoms with Crippen molar-refractivity contribution in [2.24, 2.45) is 11.8 Å². The van der Waals surface area contributed by atoms with E-state index in [0.717, 1.165) is 25.9 Å². The van der Waals surface area contributed by atoms with Crippen LogP contribution in [0.3, 0.4) is 0 Å². The Balaban J connectivity index is 1.69. The fourth-order valence-electron chi connectivity index (χ4n) is 2.66. The molecular formula is C13H23N3O4. The van der Waals surface area contributed by atoms with Crippen molar-refractivity contribution in [1.82, 2.24) is 15.5 Å². The van der Waals surface area contributed by atoms with Crippen molar-refractivity contribution in [2.45, 2.75) is 18.9 Å². The zero-order valence-corrected chi connectivity index (χ0v) is 11.8. The van der Waals surface area contributed by atoms with Gasteiger partial charge >= 0.3 is 12.0 Å². The zero-order chi connectivity index (χ0) is 14.5. The van der Waals surface area contributed by atoms with Crippen molar-refractivity contribution >= 4 is 12.0 Å². The smallest absolute Gasteiger partial charge is 0.315 e. The number of rotatable bonds is 4. The first kappa shape index (κ1) is 15.1. The molecule has 7 nitrogen and oxygen atoms in total. The molecule has 2 unspecified atom stereocenters. The van der Waals surface area contributed by atoms with Crippen LogP contribution in [-0.2, 0) is 9.53 Å². The van der Waals surface area contributed by atoms with E-state index in [0.29, 0.717) is 12.5 Å². The van der Waals surface area contributed by atoms with Gasteiger partial charge in [0.05, 0.1) is 19.3 Å². The van der Waals surface area contributed by atoms with E-state index in [-0.39, 0.29) is 19.2 Å². The molecule has 2 rings (SSSR count). The summed E-state index contributed by atoms with van der Waals surface area (Å²) in [5.74, 6) is -1.07. The van der Waals surface area contributed by atoms with Crippen molar-refractivity contribution in [3.63, 3.8) is 0 Å². The van der Waals surface area contributed by atoms with Gasteiger partial charge in [-0.05, 0) is 38.9 Å². The van der Waals surface area contributed by atoms with Gasteiger partial charge in [0.15, 0.2) is 0 Å². The molecule has 2 aliphatic heterocycles. The van der Waals surface area contributed by atoms with Crippen molar-refractivity contribution in [3.8, 4) is 0 Å². The predicted octanol–water partition coefficient (Wildman–Crippen LogP) is -0.273. The lowest BCUT2D eigenvalue weighted by molar-refractivity contribution is -0.142. The Morgan fingerprint density at radius 1 is 1.30 bits per heavy atom. The number of piperidine rings is 1. The average Bonchev–Trinajstić information content (AvgIpc) is 2.86. The molecule has 0 spiro atoms. The van der Waals surface area contributed by atoms with Crippen molar-refractivity contribution < 1.29 is 19.4 Å². The fraction of sp³-hybridized carbons (Fsp3) is 0.846. The SMILES string of the molecule is CN1CCC(CNC(=O)NC2COCC2C(=O)O)CC1. The summed E-state index contributed by atoms with van der Waals surface area (Å²) in [7, 11) is 2.10. The average molecular weight is 285 g/mol. The molecular weight excluding hydrogens is 262 g/mol. The largest absolute Gasteiger partial charge is 0.481 e. The van der Waals surface area contributed by atoms with E-state index in [1.54, 1.807) is 0 Å². The van der Waals surface area contributed by atoms with Crippen LogP contribution in [0.4, 0.5) is 4.79 Å². The molecule has 2 amide bonds. The van der Waals surface area contributed by atoms with Crippen LogP contribution in [0.2, 0.25) is 0 Å². The van der Waals surface area contributed by atoms with E-state index in [1.165, 1.54) is 0 Å². The third-order valence-electron chi connectivity index (χ3n) is 4.10. The molecule has 0 aromatic heterocycles. The molecule has 2 atom stereocenters. The van der Waals surface area contributed by atoms with E-state index >= 15 is 0 Å². The van der Waals surface area contributed by atoms with Gasteiger partial charge in [-0.25, -0.2) is 4.79 Å². The number of ether oxygens (including phenoxy) is 1. The molecule has 0 saturated carbocycles. The molecule has 0 aromatic rings. The number of nitrogens with one attached hydrogen (secondary N) is 2. The van der Waals surface area contributed by atoms with Crippen molar-refractivity contribution in [3.05, 3.63) is 0 Å². The van der Waals surface area contributed by atoms with Crippen molar-refractivity contribution in [2.75, 3.05) is 39.9 Å². The minimum absolute atomic E-state index is 0.162. The Labute approximate surface area is 118 Å². The summed E-state index contributed by atoms with van der Waals surface area (Å²) < 4.78 is 5.11. The topological polar surface area (TPSA) is 90.9 Å². The molecule has 2 heterocycles. The Kier molecular flexibility index (Phi) is 5.19. The first-order chi connectivity index (χ1) is 9.56. The molecule has 3 N–H and O–H groups in total. The van der Waals surface area contributed by atoms with E-state index < -0.39 is 17.9 Å². The molecule has 0 bridgehead atoms. The van der Waals surface area contributed by atoms with E-state index in [2.05, 4.69) is 22.6 Å². The molecule has 2 fully saturated rings. The number of hydrogen-bond donors (Lipinski definition) is 3. The van der Waals surface area contributed by atoms with E-state index in [1.807, 2.05) is 0 Å². The number of hydrogen-bond acceptors (Lipinski definition) is 4. The maximum atomic E-state index is 11.8. The third-order valence-corrected chi connectivity index (χ3v) is 4.10. The Hall–Kier alpha value is -1.34. The highest BCUT2D eigenvalue weighted by atomic mass is 16.5. The van der Waals surface area contributed by atoms with Crippen LogP contribution in [0.5, 0.6) is 0 Å². The first-order valence-corrected chi connectivity index (χ1v) is 7.09. The molecule has 2 aliphatic rings. The first-order valence-electron chi connectivity index (χ1n) is 7.09. The number of urea groups is 1. The van der Waals surface area contributed by atoms with E-state index in [9.17, 15) is 9.59 Å². The monoisotopic (exact) mass is 285 g/mol. The van der Waals surface area contributed by atoms with Gasteiger partial charge in [0.25, 0.3) is 0 Å². The van der Waals surface area contributed by atoms with Gasteiger partial charge in [-0.3, -0.25) is 4.79 Å². The van der Waals surface area contributed by atoms with Crippen molar-refractivity contribution in [1.29, 1.82) is 0 Å². The van der Waals surface area contributed by atoms with Gasteiger partial charge in [0, 0.05) is 6.54 Å². The standard InChI is InChI=1S/C13H23N3O4/c1-16-4-2-9(3-5-16)6-14-13(19)15-11-8-20-7-10(11)12(17)18/h9-11H,2-8H2,1H3,(H,17,18)(H2,14,15,19). The van der Waals surface area contributed by atoms with Gasteiger partial charge in [0.1, 0.15) is 5.92 Å². The normalized spacial score (nSPS) is 28.2. The Bertz CT molecular complexity index is 356. The lowest BCUT2D eigenvalue weighted by atomic mass is 9.97. The van der Waals surface area contributed by atoms with Crippen LogP contribution in [0, 0.1) is 11.8 Å². The predicted molar refractivity (Wildman–Crippen MR) is 72.5 cm³/mol. The Morgan fingerprint density at radius 3 is 2.65 bits per heavy atom. The number of carbonyl (C=O) groups is 2.